The SMILES string of the molecule is CN(Cc1cscn1)C(=O)C(N)c1cccs1. The summed E-state index contributed by atoms with van der Waals surface area (Å²) in [5.41, 5.74) is 8.56. The first-order valence-corrected chi connectivity index (χ1v) is 6.91. The molecule has 4 nitrogen and oxygen atoms in total. The minimum absolute atomic E-state index is 0.0829. The van der Waals surface area contributed by atoms with Gasteiger partial charge in [0.1, 0.15) is 6.04 Å². The molecule has 6 heteroatoms. The maximum absolute atomic E-state index is 12.1. The van der Waals surface area contributed by atoms with Gasteiger partial charge in [-0.1, -0.05) is 6.07 Å². The predicted molar refractivity (Wildman–Crippen MR) is 69.8 cm³/mol. The van der Waals surface area contributed by atoms with E-state index in [1.54, 1.807) is 17.5 Å². The fourth-order valence-electron chi connectivity index (χ4n) is 1.46. The van der Waals surface area contributed by atoms with Crippen LogP contribution >= 0.6 is 22.7 Å². The molecule has 1 unspecified atom stereocenters. The molecule has 0 aliphatic carbocycles. The number of thiophene rings is 1. The summed E-state index contributed by atoms with van der Waals surface area (Å²) >= 11 is 3.02. The van der Waals surface area contributed by atoms with Gasteiger partial charge in [-0.15, -0.1) is 22.7 Å². The third-order valence-electron chi connectivity index (χ3n) is 2.37. The molecule has 1 amide bonds. The van der Waals surface area contributed by atoms with Crippen molar-refractivity contribution in [1.29, 1.82) is 0 Å². The minimum atomic E-state index is -0.571. The molecule has 0 saturated heterocycles. The number of carbonyl (C=O) groups excluding carboxylic acids is 1. The molecular formula is C11H13N3OS2. The number of likely N-dealkylation sites (N-methyl/N-ethyl adjacent to an activating group) is 1. The molecule has 0 radical (unpaired) electrons. The molecule has 90 valence electrons. The second-order valence-corrected chi connectivity index (χ2v) is 5.37. The fraction of sp³-hybridized carbons (Fsp3) is 0.273. The van der Waals surface area contributed by atoms with Gasteiger partial charge in [-0.05, 0) is 11.4 Å². The summed E-state index contributed by atoms with van der Waals surface area (Å²) in [6.45, 7) is 0.501. The average molecular weight is 267 g/mol. The van der Waals surface area contributed by atoms with Crippen LogP contribution in [0.1, 0.15) is 16.6 Å². The number of nitrogens with zero attached hydrogens (tertiary/aromatic N) is 2. The van der Waals surface area contributed by atoms with Crippen LogP contribution < -0.4 is 5.73 Å². The number of rotatable bonds is 4. The highest BCUT2D eigenvalue weighted by atomic mass is 32.1. The van der Waals surface area contributed by atoms with Crippen LogP contribution in [0.3, 0.4) is 0 Å². The maximum atomic E-state index is 12.1. The Hall–Kier alpha value is -1.24. The van der Waals surface area contributed by atoms with Crippen LogP contribution in [0.4, 0.5) is 0 Å². The normalized spacial score (nSPS) is 12.4. The first-order valence-electron chi connectivity index (χ1n) is 5.09. The summed E-state index contributed by atoms with van der Waals surface area (Å²) in [5, 5.41) is 3.85. The number of thiazole rings is 1. The van der Waals surface area contributed by atoms with Crippen LogP contribution in [0, 0.1) is 0 Å². The molecule has 17 heavy (non-hydrogen) atoms. The zero-order valence-corrected chi connectivity index (χ0v) is 11.0. The van der Waals surface area contributed by atoms with Crippen LogP contribution in [-0.4, -0.2) is 22.8 Å². The van der Waals surface area contributed by atoms with Crippen LogP contribution in [0.2, 0.25) is 0 Å². The van der Waals surface area contributed by atoms with Crippen LogP contribution in [0.15, 0.2) is 28.4 Å². The highest BCUT2D eigenvalue weighted by Gasteiger charge is 2.20. The largest absolute Gasteiger partial charge is 0.338 e. The Labute approximate surface area is 108 Å². The third-order valence-corrected chi connectivity index (χ3v) is 3.97. The number of hydrogen-bond acceptors (Lipinski definition) is 5. The van der Waals surface area contributed by atoms with E-state index < -0.39 is 6.04 Å². The topological polar surface area (TPSA) is 59.2 Å². The van der Waals surface area contributed by atoms with E-state index in [4.69, 9.17) is 5.73 Å². The number of carbonyl (C=O) groups is 1. The average Bonchev–Trinajstić information content (AvgIpc) is 2.99. The standard InChI is InChI=1S/C11H13N3OS2/c1-14(5-8-6-16-7-13-8)11(15)10(12)9-3-2-4-17-9/h2-4,6-7,10H,5,12H2,1H3. The fourth-order valence-corrected chi connectivity index (χ4v) is 2.73. The molecular weight excluding hydrogens is 254 g/mol. The quantitative estimate of drug-likeness (QED) is 0.920. The molecule has 2 heterocycles. The highest BCUT2D eigenvalue weighted by Crippen LogP contribution is 2.19. The lowest BCUT2D eigenvalue weighted by Gasteiger charge is -2.19. The Morgan fingerprint density at radius 1 is 1.65 bits per heavy atom. The lowest BCUT2D eigenvalue weighted by molar-refractivity contribution is -0.131. The lowest BCUT2D eigenvalue weighted by Crippen LogP contribution is -2.35. The highest BCUT2D eigenvalue weighted by molar-refractivity contribution is 7.10. The van der Waals surface area contributed by atoms with Crippen LogP contribution in [0.25, 0.3) is 0 Å². The van der Waals surface area contributed by atoms with Crippen molar-refractivity contribution in [2.75, 3.05) is 7.05 Å². The Kier molecular flexibility index (Phi) is 3.88. The van der Waals surface area contributed by atoms with Crippen molar-refractivity contribution in [3.05, 3.63) is 39.0 Å². The van der Waals surface area contributed by atoms with Crippen LogP contribution in [0.5, 0.6) is 0 Å². The summed E-state index contributed by atoms with van der Waals surface area (Å²) in [6.07, 6.45) is 0. The number of nitrogens with two attached hydrogens (primary N) is 1. The van der Waals surface area contributed by atoms with E-state index in [0.717, 1.165) is 10.6 Å². The van der Waals surface area contributed by atoms with E-state index in [2.05, 4.69) is 4.98 Å². The monoisotopic (exact) mass is 267 g/mol. The summed E-state index contributed by atoms with van der Waals surface area (Å²) in [4.78, 5) is 18.7. The van der Waals surface area contributed by atoms with Crippen molar-refractivity contribution < 1.29 is 4.79 Å². The van der Waals surface area contributed by atoms with Gasteiger partial charge >= 0.3 is 0 Å². The van der Waals surface area contributed by atoms with Gasteiger partial charge in [-0.3, -0.25) is 4.79 Å². The summed E-state index contributed by atoms with van der Waals surface area (Å²) in [7, 11) is 1.75. The molecule has 0 fully saturated rings. The van der Waals surface area contributed by atoms with E-state index in [9.17, 15) is 4.79 Å². The van der Waals surface area contributed by atoms with Crippen molar-refractivity contribution in [3.63, 3.8) is 0 Å². The zero-order chi connectivity index (χ0) is 12.3. The van der Waals surface area contributed by atoms with Crippen molar-refractivity contribution in [3.8, 4) is 0 Å². The Morgan fingerprint density at radius 3 is 3.06 bits per heavy atom. The molecule has 2 N–H and O–H groups in total. The molecule has 2 rings (SSSR count). The molecule has 0 aromatic carbocycles. The number of amides is 1. The minimum Gasteiger partial charge on any atom is -0.338 e. The van der Waals surface area contributed by atoms with E-state index in [-0.39, 0.29) is 5.91 Å². The van der Waals surface area contributed by atoms with Crippen LogP contribution in [-0.2, 0) is 11.3 Å². The van der Waals surface area contributed by atoms with E-state index >= 15 is 0 Å². The maximum Gasteiger partial charge on any atom is 0.245 e. The Bertz CT molecular complexity index is 467. The lowest BCUT2D eigenvalue weighted by atomic mass is 10.2. The molecule has 0 aliphatic heterocycles. The molecule has 0 saturated carbocycles. The summed E-state index contributed by atoms with van der Waals surface area (Å²) in [6, 6.07) is 3.20. The van der Waals surface area contributed by atoms with Gasteiger partial charge in [-0.25, -0.2) is 4.98 Å². The third kappa shape index (κ3) is 2.91. The van der Waals surface area contributed by atoms with Gasteiger partial charge < -0.3 is 10.6 Å². The van der Waals surface area contributed by atoms with Crippen molar-refractivity contribution in [2.45, 2.75) is 12.6 Å². The summed E-state index contributed by atoms with van der Waals surface area (Å²) < 4.78 is 0. The van der Waals surface area contributed by atoms with Crippen molar-refractivity contribution in [1.82, 2.24) is 9.88 Å². The zero-order valence-electron chi connectivity index (χ0n) is 9.37. The molecule has 0 aliphatic rings. The molecule has 2 aromatic rings. The molecule has 1 atom stereocenters. The summed E-state index contributed by atoms with van der Waals surface area (Å²) in [5.74, 6) is -0.0829. The van der Waals surface area contributed by atoms with Crippen molar-refractivity contribution >= 4 is 28.6 Å². The number of hydrogen-bond donors (Lipinski definition) is 1. The van der Waals surface area contributed by atoms with Gasteiger partial charge in [0.05, 0.1) is 17.7 Å². The molecule has 0 bridgehead atoms. The van der Waals surface area contributed by atoms with E-state index in [1.807, 2.05) is 22.9 Å². The van der Waals surface area contributed by atoms with Crippen molar-refractivity contribution in [2.24, 2.45) is 5.73 Å². The predicted octanol–water partition coefficient (Wildman–Crippen LogP) is 1.86. The smallest absolute Gasteiger partial charge is 0.245 e. The van der Waals surface area contributed by atoms with E-state index in [0.29, 0.717) is 6.54 Å². The first kappa shape index (κ1) is 12.2. The van der Waals surface area contributed by atoms with Gasteiger partial charge in [0, 0.05) is 17.3 Å². The second-order valence-electron chi connectivity index (χ2n) is 3.67. The molecule has 2 aromatic heterocycles. The Balaban J connectivity index is 2.00. The van der Waals surface area contributed by atoms with Gasteiger partial charge in [0.25, 0.3) is 0 Å². The van der Waals surface area contributed by atoms with E-state index in [1.165, 1.54) is 22.7 Å². The second kappa shape index (κ2) is 5.39. The van der Waals surface area contributed by atoms with Gasteiger partial charge in [-0.2, -0.15) is 0 Å². The van der Waals surface area contributed by atoms with Gasteiger partial charge in [0.2, 0.25) is 5.91 Å². The molecule has 0 spiro atoms. The number of aromatic nitrogens is 1. The van der Waals surface area contributed by atoms with Gasteiger partial charge in [0.15, 0.2) is 0 Å². The Morgan fingerprint density at radius 2 is 2.47 bits per heavy atom. The first-order chi connectivity index (χ1) is 8.18.